The van der Waals surface area contributed by atoms with Crippen LogP contribution in [0.2, 0.25) is 0 Å². The molecule has 0 aliphatic heterocycles. The SMILES string of the molecule is [2H]C([2H])([2H])c1cnc(-c2ccc(C([2H])([2H])[2H])c3c2oc2cc4c(ccc5ccccc54)cc23)cc1C1([2H])CCC2(CCC(C)(C)CC2)CC1. The van der Waals surface area contributed by atoms with Crippen LogP contribution in [0, 0.1) is 24.5 Å². The Morgan fingerprint density at radius 3 is 2.38 bits per heavy atom. The topological polar surface area (TPSA) is 26.0 Å². The summed E-state index contributed by atoms with van der Waals surface area (Å²) in [6.45, 7) is -0.145. The van der Waals surface area contributed by atoms with Gasteiger partial charge in [-0.25, -0.2) is 0 Å². The van der Waals surface area contributed by atoms with Gasteiger partial charge >= 0.3 is 0 Å². The zero-order valence-electron chi connectivity index (χ0n) is 31.4. The van der Waals surface area contributed by atoms with E-state index >= 15 is 0 Å². The number of aromatic nitrogens is 1. The van der Waals surface area contributed by atoms with Gasteiger partial charge in [-0.2, -0.15) is 0 Å². The van der Waals surface area contributed by atoms with Crippen LogP contribution >= 0.6 is 0 Å². The molecule has 2 aliphatic carbocycles. The Kier molecular flexibility index (Phi) is 4.38. The van der Waals surface area contributed by atoms with E-state index in [4.69, 9.17) is 12.6 Å². The van der Waals surface area contributed by atoms with Crippen molar-refractivity contribution in [1.82, 2.24) is 4.98 Å². The van der Waals surface area contributed by atoms with Gasteiger partial charge in [0.25, 0.3) is 0 Å². The minimum Gasteiger partial charge on any atom is -0.455 e. The van der Waals surface area contributed by atoms with Gasteiger partial charge in [0.1, 0.15) is 11.2 Å². The Morgan fingerprint density at radius 1 is 0.786 bits per heavy atom. The normalized spacial score (nSPS) is 22.8. The minimum atomic E-state index is -2.43. The Bertz CT molecular complexity index is 2260. The number of aryl methyl sites for hydroxylation is 2. The van der Waals surface area contributed by atoms with E-state index in [0.717, 1.165) is 47.2 Å². The van der Waals surface area contributed by atoms with Crippen LogP contribution in [0.3, 0.4) is 0 Å². The van der Waals surface area contributed by atoms with Gasteiger partial charge in [-0.05, 0) is 144 Å². The van der Waals surface area contributed by atoms with Crippen molar-refractivity contribution in [3.05, 3.63) is 89.6 Å². The van der Waals surface area contributed by atoms with E-state index in [1.807, 2.05) is 30.3 Å². The monoisotopic (exact) mass is 558 g/mol. The van der Waals surface area contributed by atoms with E-state index in [2.05, 4.69) is 37.0 Å². The Morgan fingerprint density at radius 2 is 1.57 bits per heavy atom. The number of furan rings is 1. The number of nitrogens with zero attached hydrogens (tertiary/aromatic N) is 1. The predicted molar refractivity (Wildman–Crippen MR) is 177 cm³/mol. The molecule has 42 heavy (non-hydrogen) atoms. The second-order valence-corrected chi connectivity index (χ2v) is 13.7. The summed E-state index contributed by atoms with van der Waals surface area (Å²) < 4.78 is 66.7. The van der Waals surface area contributed by atoms with Crippen LogP contribution in [0.25, 0.3) is 54.7 Å². The van der Waals surface area contributed by atoms with Crippen LogP contribution in [0.4, 0.5) is 0 Å². The first-order chi connectivity index (χ1) is 23.1. The molecule has 0 radical (unpaired) electrons. The highest BCUT2D eigenvalue weighted by Crippen LogP contribution is 2.55. The van der Waals surface area contributed by atoms with Crippen molar-refractivity contribution in [3.8, 4) is 11.3 Å². The summed E-state index contributed by atoms with van der Waals surface area (Å²) in [4.78, 5) is 4.67. The summed E-state index contributed by atoms with van der Waals surface area (Å²) in [6.07, 6.45) is 9.11. The van der Waals surface area contributed by atoms with Crippen LogP contribution < -0.4 is 0 Å². The van der Waals surface area contributed by atoms with Gasteiger partial charge in [-0.1, -0.05) is 56.3 Å². The molecular weight excluding hydrogens is 510 g/mol. The van der Waals surface area contributed by atoms with E-state index < -0.39 is 19.6 Å². The molecule has 2 saturated carbocycles. The van der Waals surface area contributed by atoms with Crippen LogP contribution in [-0.4, -0.2) is 4.98 Å². The number of rotatable bonds is 2. The first kappa shape index (κ1) is 19.5. The third-order valence-corrected chi connectivity index (χ3v) is 10.6. The van der Waals surface area contributed by atoms with E-state index in [0.29, 0.717) is 57.0 Å². The summed E-state index contributed by atoms with van der Waals surface area (Å²) in [5, 5.41) is 5.38. The second kappa shape index (κ2) is 9.43. The maximum absolute atomic E-state index is 9.76. The molecule has 0 unspecified atom stereocenters. The van der Waals surface area contributed by atoms with Crippen molar-refractivity contribution in [1.29, 1.82) is 0 Å². The highest BCUT2D eigenvalue weighted by molar-refractivity contribution is 6.18. The maximum atomic E-state index is 9.76. The molecule has 6 aromatic rings. The molecule has 4 aromatic carbocycles. The number of hydrogen-bond donors (Lipinski definition) is 0. The summed E-state index contributed by atoms with van der Waals surface area (Å²) in [5.74, 6) is -1.07. The van der Waals surface area contributed by atoms with Crippen molar-refractivity contribution in [2.45, 2.75) is 84.8 Å². The highest BCUT2D eigenvalue weighted by Gasteiger charge is 2.41. The van der Waals surface area contributed by atoms with Gasteiger partial charge in [-0.3, -0.25) is 4.98 Å². The van der Waals surface area contributed by atoms with Gasteiger partial charge in [0.15, 0.2) is 0 Å². The van der Waals surface area contributed by atoms with Crippen molar-refractivity contribution in [3.63, 3.8) is 0 Å². The maximum Gasteiger partial charge on any atom is 0.145 e. The lowest BCUT2D eigenvalue weighted by molar-refractivity contribution is 0.0584. The van der Waals surface area contributed by atoms with Gasteiger partial charge in [0.2, 0.25) is 0 Å². The first-order valence-electron chi connectivity index (χ1n) is 18.9. The molecule has 2 heteroatoms. The van der Waals surface area contributed by atoms with Gasteiger partial charge < -0.3 is 4.42 Å². The molecule has 0 atom stereocenters. The summed E-state index contributed by atoms with van der Waals surface area (Å²) >= 11 is 0. The average Bonchev–Trinajstić information content (AvgIpc) is 3.43. The molecule has 1 spiro atoms. The lowest BCUT2D eigenvalue weighted by atomic mass is 9.58. The molecule has 2 fully saturated rings. The number of pyridine rings is 1. The molecule has 0 bridgehead atoms. The molecular formula is C40H41NO. The third kappa shape index (κ3) is 4.17. The van der Waals surface area contributed by atoms with E-state index in [9.17, 15) is 1.37 Å². The largest absolute Gasteiger partial charge is 0.455 e. The molecule has 2 aliphatic rings. The van der Waals surface area contributed by atoms with Crippen molar-refractivity contribution in [2.75, 3.05) is 0 Å². The van der Waals surface area contributed by atoms with Crippen molar-refractivity contribution < 1.29 is 14.0 Å². The predicted octanol–water partition coefficient (Wildman–Crippen LogP) is 11.8. The van der Waals surface area contributed by atoms with E-state index in [-0.39, 0.29) is 16.5 Å². The number of hydrogen-bond acceptors (Lipinski definition) is 2. The standard InChI is InChI=1S/C40H41NO/c1-25-9-12-31(38-37(25)34-21-29-11-10-27-7-5-6-8-30(27)33(29)23-36(34)42-38)35-22-32(26(2)24-41-35)28-13-15-40(16-14-28)19-17-39(3,4)18-20-40/h5-12,21-24,28H,13-20H2,1-4H3/i1D3,2D3,28D. The fourth-order valence-electron chi connectivity index (χ4n) is 7.79. The summed E-state index contributed by atoms with van der Waals surface area (Å²) in [7, 11) is 0. The van der Waals surface area contributed by atoms with Crippen molar-refractivity contribution >= 4 is 43.5 Å². The van der Waals surface area contributed by atoms with Crippen LogP contribution in [0.5, 0.6) is 0 Å². The number of fused-ring (bicyclic) bond motifs is 6. The van der Waals surface area contributed by atoms with Crippen LogP contribution in [0.15, 0.2) is 77.3 Å². The first-order valence-corrected chi connectivity index (χ1v) is 15.4. The average molecular weight is 559 g/mol. The van der Waals surface area contributed by atoms with Crippen LogP contribution in [-0.2, 0) is 0 Å². The highest BCUT2D eigenvalue weighted by atomic mass is 16.3. The Balaban J connectivity index is 1.29. The molecule has 8 rings (SSSR count). The lowest BCUT2D eigenvalue weighted by Crippen LogP contribution is -2.34. The van der Waals surface area contributed by atoms with Gasteiger partial charge in [0.05, 0.1) is 5.69 Å². The number of benzene rings is 4. The fraction of sp³-hybridized carbons (Fsp3) is 0.375. The minimum absolute atomic E-state index is 0.116. The van der Waals surface area contributed by atoms with E-state index in [1.165, 1.54) is 19.0 Å². The van der Waals surface area contributed by atoms with Crippen molar-refractivity contribution in [2.24, 2.45) is 10.8 Å². The lowest BCUT2D eigenvalue weighted by Gasteiger charge is -2.47. The third-order valence-electron chi connectivity index (χ3n) is 10.6. The van der Waals surface area contributed by atoms with E-state index in [1.54, 1.807) is 18.2 Å². The second-order valence-electron chi connectivity index (χ2n) is 13.7. The molecule has 0 N–H and O–H groups in total. The molecule has 2 aromatic heterocycles. The Hall–Kier alpha value is -3.65. The quantitative estimate of drug-likeness (QED) is 0.198. The van der Waals surface area contributed by atoms with Crippen LogP contribution in [0.1, 0.15) is 97.4 Å². The molecule has 0 amide bonds. The molecule has 212 valence electrons. The zero-order valence-corrected chi connectivity index (χ0v) is 24.4. The van der Waals surface area contributed by atoms with Gasteiger partial charge in [0, 0.05) is 32.1 Å². The zero-order chi connectivity index (χ0) is 34.6. The molecule has 0 saturated heterocycles. The summed E-state index contributed by atoms with van der Waals surface area (Å²) in [5.41, 5.74) is 3.41. The smallest absolute Gasteiger partial charge is 0.145 e. The van der Waals surface area contributed by atoms with Gasteiger partial charge in [-0.15, -0.1) is 0 Å². The molecule has 2 heterocycles. The summed E-state index contributed by atoms with van der Waals surface area (Å²) in [6, 6.07) is 21.4. The molecule has 2 nitrogen and oxygen atoms in total. The Labute approximate surface area is 259 Å². The fourth-order valence-corrected chi connectivity index (χ4v) is 7.79.